The van der Waals surface area contributed by atoms with Crippen molar-refractivity contribution < 1.29 is 5.32 Å². The van der Waals surface area contributed by atoms with Gasteiger partial charge >= 0.3 is 0 Å². The van der Waals surface area contributed by atoms with Crippen molar-refractivity contribution in [3.63, 3.8) is 0 Å². The Bertz CT molecular complexity index is 534. The number of hydrogen-bond acceptors (Lipinski definition) is 4. The molecule has 1 aromatic heterocycles. The van der Waals surface area contributed by atoms with Crippen molar-refractivity contribution >= 4 is 28.3 Å². The van der Waals surface area contributed by atoms with E-state index in [0.29, 0.717) is 0 Å². The van der Waals surface area contributed by atoms with Gasteiger partial charge in [0.05, 0.1) is 26.2 Å². The molecule has 1 fully saturated rings. The summed E-state index contributed by atoms with van der Waals surface area (Å²) in [7, 11) is 0. The maximum absolute atomic E-state index is 5.88. The second-order valence-corrected chi connectivity index (χ2v) is 5.82. The third kappa shape index (κ3) is 3.23. The van der Waals surface area contributed by atoms with Gasteiger partial charge in [-0.05, 0) is 17.7 Å². The lowest BCUT2D eigenvalue weighted by Crippen LogP contribution is -2.89. The first-order valence-electron chi connectivity index (χ1n) is 6.45. The topological polar surface area (TPSA) is 45.6 Å². The summed E-state index contributed by atoms with van der Waals surface area (Å²) in [6.07, 6.45) is 0.771. The average Bonchev–Trinajstić information content (AvgIpc) is 2.91. The van der Waals surface area contributed by atoms with E-state index >= 15 is 0 Å². The zero-order valence-corrected chi connectivity index (χ0v) is 12.1. The van der Waals surface area contributed by atoms with E-state index in [1.54, 1.807) is 0 Å². The Balaban J connectivity index is 1.68. The fourth-order valence-electron chi connectivity index (χ4n) is 2.17. The summed E-state index contributed by atoms with van der Waals surface area (Å²) in [5, 5.41) is 4.16. The van der Waals surface area contributed by atoms with Gasteiger partial charge in [-0.15, -0.1) is 0 Å². The number of benzene rings is 1. The Morgan fingerprint density at radius 3 is 2.68 bits per heavy atom. The standard InChI is InChI=1S/C13H15ClN4S/c14-11-3-1-10(2-4-11)9-12-16-13(19-17-12)18-7-5-15-6-8-18/h1-4,15H,5-9H2/p+1. The molecule has 1 aliphatic heterocycles. The molecule has 100 valence electrons. The molecule has 1 aliphatic rings. The van der Waals surface area contributed by atoms with Gasteiger partial charge in [-0.2, -0.15) is 4.37 Å². The molecule has 0 spiro atoms. The van der Waals surface area contributed by atoms with Crippen LogP contribution in [0.5, 0.6) is 0 Å². The Hall–Kier alpha value is -1.17. The zero-order chi connectivity index (χ0) is 13.1. The van der Waals surface area contributed by atoms with Gasteiger partial charge in [0.1, 0.15) is 5.82 Å². The van der Waals surface area contributed by atoms with Crippen LogP contribution in [0.4, 0.5) is 5.13 Å². The molecule has 0 atom stereocenters. The summed E-state index contributed by atoms with van der Waals surface area (Å²) in [4.78, 5) is 6.96. The number of anilines is 1. The Labute approximate surface area is 121 Å². The molecule has 19 heavy (non-hydrogen) atoms. The minimum absolute atomic E-state index is 0.764. The molecule has 2 N–H and O–H groups in total. The fraction of sp³-hybridized carbons (Fsp3) is 0.385. The zero-order valence-electron chi connectivity index (χ0n) is 10.6. The number of aromatic nitrogens is 2. The maximum atomic E-state index is 5.88. The Kier molecular flexibility index (Phi) is 3.96. The van der Waals surface area contributed by atoms with Gasteiger partial charge in [0, 0.05) is 23.0 Å². The monoisotopic (exact) mass is 295 g/mol. The third-order valence-corrected chi connectivity index (χ3v) is 4.28. The van der Waals surface area contributed by atoms with Crippen LogP contribution < -0.4 is 10.2 Å². The first kappa shape index (κ1) is 12.8. The molecule has 2 heterocycles. The molecular formula is C13H16ClN4S+. The molecule has 1 aromatic carbocycles. The third-order valence-electron chi connectivity index (χ3n) is 3.21. The lowest BCUT2D eigenvalue weighted by atomic mass is 10.1. The highest BCUT2D eigenvalue weighted by Gasteiger charge is 2.16. The molecule has 0 amide bonds. The van der Waals surface area contributed by atoms with Crippen LogP contribution in [0.2, 0.25) is 5.02 Å². The number of rotatable bonds is 3. The van der Waals surface area contributed by atoms with Gasteiger partial charge in [-0.25, -0.2) is 4.98 Å². The van der Waals surface area contributed by atoms with Crippen molar-refractivity contribution in [1.29, 1.82) is 0 Å². The summed E-state index contributed by atoms with van der Waals surface area (Å²) in [5.41, 5.74) is 1.20. The van der Waals surface area contributed by atoms with Crippen LogP contribution in [0.25, 0.3) is 0 Å². The molecule has 3 rings (SSSR count). The lowest BCUT2D eigenvalue weighted by Gasteiger charge is -2.23. The summed E-state index contributed by atoms with van der Waals surface area (Å²) in [5.74, 6) is 0.900. The average molecular weight is 296 g/mol. The van der Waals surface area contributed by atoms with Gasteiger partial charge < -0.3 is 10.2 Å². The van der Waals surface area contributed by atoms with Gasteiger partial charge in [0.25, 0.3) is 0 Å². The minimum atomic E-state index is 0.764. The Morgan fingerprint density at radius 2 is 1.95 bits per heavy atom. The molecule has 0 aliphatic carbocycles. The number of nitrogens with two attached hydrogens (primary N) is 1. The van der Waals surface area contributed by atoms with Crippen molar-refractivity contribution in [2.45, 2.75) is 6.42 Å². The van der Waals surface area contributed by atoms with Crippen LogP contribution >= 0.6 is 23.1 Å². The lowest BCUT2D eigenvalue weighted by molar-refractivity contribution is -0.655. The van der Waals surface area contributed by atoms with Gasteiger partial charge in [-0.1, -0.05) is 23.7 Å². The molecule has 1 saturated heterocycles. The largest absolute Gasteiger partial charge is 0.343 e. The van der Waals surface area contributed by atoms with E-state index in [1.165, 1.54) is 17.1 Å². The van der Waals surface area contributed by atoms with Crippen LogP contribution in [0.3, 0.4) is 0 Å². The predicted octanol–water partition coefficient (Wildman–Crippen LogP) is 1.17. The van der Waals surface area contributed by atoms with Crippen molar-refractivity contribution in [3.8, 4) is 0 Å². The van der Waals surface area contributed by atoms with E-state index in [9.17, 15) is 0 Å². The SMILES string of the molecule is Clc1ccc(Cc2nsc(N3CC[NH2+]CC3)n2)cc1. The van der Waals surface area contributed by atoms with Crippen molar-refractivity contribution in [3.05, 3.63) is 40.7 Å². The van der Waals surface area contributed by atoms with E-state index in [-0.39, 0.29) is 0 Å². The maximum Gasteiger partial charge on any atom is 0.205 e. The second-order valence-electron chi connectivity index (χ2n) is 4.65. The van der Waals surface area contributed by atoms with E-state index in [0.717, 1.165) is 48.6 Å². The van der Waals surface area contributed by atoms with E-state index in [1.807, 2.05) is 24.3 Å². The molecule has 0 bridgehead atoms. The smallest absolute Gasteiger partial charge is 0.205 e. The predicted molar refractivity (Wildman–Crippen MR) is 78.0 cm³/mol. The summed E-state index contributed by atoms with van der Waals surface area (Å²) >= 11 is 7.38. The van der Waals surface area contributed by atoms with E-state index < -0.39 is 0 Å². The van der Waals surface area contributed by atoms with Crippen LogP contribution in [-0.2, 0) is 6.42 Å². The molecule has 0 unspecified atom stereocenters. The highest BCUT2D eigenvalue weighted by molar-refractivity contribution is 7.09. The van der Waals surface area contributed by atoms with E-state index in [4.69, 9.17) is 11.6 Å². The van der Waals surface area contributed by atoms with Crippen molar-refractivity contribution in [2.24, 2.45) is 0 Å². The highest BCUT2D eigenvalue weighted by Crippen LogP contribution is 2.19. The van der Waals surface area contributed by atoms with Gasteiger partial charge in [-0.3, -0.25) is 0 Å². The minimum Gasteiger partial charge on any atom is -0.343 e. The quantitative estimate of drug-likeness (QED) is 0.924. The Morgan fingerprint density at radius 1 is 1.21 bits per heavy atom. The van der Waals surface area contributed by atoms with Crippen molar-refractivity contribution in [2.75, 3.05) is 31.1 Å². The number of nitrogens with zero attached hydrogens (tertiary/aromatic N) is 3. The molecule has 4 nitrogen and oxygen atoms in total. The summed E-state index contributed by atoms with van der Waals surface area (Å²) in [6, 6.07) is 7.87. The number of hydrogen-bond donors (Lipinski definition) is 1. The highest BCUT2D eigenvalue weighted by atomic mass is 35.5. The first-order chi connectivity index (χ1) is 9.31. The molecule has 0 radical (unpaired) electrons. The summed E-state index contributed by atoms with van der Waals surface area (Å²) in [6.45, 7) is 4.42. The number of piperazine rings is 1. The first-order valence-corrected chi connectivity index (χ1v) is 7.60. The molecular weight excluding hydrogens is 280 g/mol. The van der Waals surface area contributed by atoms with Gasteiger partial charge in [0.2, 0.25) is 5.13 Å². The van der Waals surface area contributed by atoms with Crippen LogP contribution in [-0.4, -0.2) is 35.5 Å². The normalized spacial score (nSPS) is 15.7. The molecule has 2 aromatic rings. The number of halogens is 1. The van der Waals surface area contributed by atoms with Gasteiger partial charge in [0.15, 0.2) is 0 Å². The number of quaternary nitrogens is 1. The van der Waals surface area contributed by atoms with Crippen LogP contribution in [0.1, 0.15) is 11.4 Å². The van der Waals surface area contributed by atoms with Crippen molar-refractivity contribution in [1.82, 2.24) is 9.36 Å². The molecule has 6 heteroatoms. The van der Waals surface area contributed by atoms with Crippen LogP contribution in [0.15, 0.2) is 24.3 Å². The second kappa shape index (κ2) is 5.86. The van der Waals surface area contributed by atoms with E-state index in [2.05, 4.69) is 19.6 Å². The molecule has 0 saturated carbocycles. The van der Waals surface area contributed by atoms with Crippen LogP contribution in [0, 0.1) is 0 Å². The fourth-order valence-corrected chi connectivity index (χ4v) is 3.03. The summed E-state index contributed by atoms with van der Waals surface area (Å²) < 4.78 is 4.45.